The number of fused-ring (bicyclic) bond motifs is 2. The zero-order chi connectivity index (χ0) is 22.2. The van der Waals surface area contributed by atoms with Crippen LogP contribution in [0.15, 0.2) is 76.6 Å². The van der Waals surface area contributed by atoms with E-state index < -0.39 is 0 Å². The number of hydrogen-bond acceptors (Lipinski definition) is 6. The van der Waals surface area contributed by atoms with E-state index in [1.54, 1.807) is 10.5 Å². The van der Waals surface area contributed by atoms with Crippen molar-refractivity contribution >= 4 is 29.1 Å². The number of rotatable bonds is 5. The standard InChI is InChI=1S/C25H25N5OS/c1-16-11-20(17(2)27-21-9-5-6-10-22(21)32-26)25-28-23(12-24(31)30(25)13-16)29-14-18-7-3-4-8-19(18)15-29/h3-13,17,27H,14-15,26H2,1-2H3. The van der Waals surface area contributed by atoms with E-state index >= 15 is 0 Å². The van der Waals surface area contributed by atoms with Gasteiger partial charge in [0.2, 0.25) is 0 Å². The number of nitrogens with zero attached hydrogens (tertiary/aromatic N) is 3. The molecule has 7 heteroatoms. The van der Waals surface area contributed by atoms with Crippen molar-refractivity contribution in [2.45, 2.75) is 37.9 Å². The smallest absolute Gasteiger partial charge is 0.259 e. The molecule has 0 aliphatic carbocycles. The fourth-order valence-corrected chi connectivity index (χ4v) is 4.74. The third-order valence-corrected chi connectivity index (χ3v) is 6.54. The molecule has 0 saturated carbocycles. The van der Waals surface area contributed by atoms with Gasteiger partial charge < -0.3 is 10.2 Å². The third-order valence-electron chi connectivity index (χ3n) is 5.93. The fourth-order valence-electron chi connectivity index (χ4n) is 4.33. The van der Waals surface area contributed by atoms with Crippen LogP contribution < -0.4 is 20.9 Å². The molecule has 2 aromatic carbocycles. The van der Waals surface area contributed by atoms with Gasteiger partial charge in [0.25, 0.3) is 5.56 Å². The molecule has 0 radical (unpaired) electrons. The minimum atomic E-state index is -0.0731. The van der Waals surface area contributed by atoms with Crippen LogP contribution >= 0.6 is 11.9 Å². The van der Waals surface area contributed by atoms with E-state index in [0.717, 1.165) is 34.8 Å². The van der Waals surface area contributed by atoms with Gasteiger partial charge in [-0.1, -0.05) is 36.4 Å². The summed E-state index contributed by atoms with van der Waals surface area (Å²) >= 11 is 1.22. The highest BCUT2D eigenvalue weighted by molar-refractivity contribution is 7.97. The minimum Gasteiger partial charge on any atom is -0.377 e. The Balaban J connectivity index is 1.56. The van der Waals surface area contributed by atoms with Crippen LogP contribution in [0.3, 0.4) is 0 Å². The SMILES string of the molecule is Cc1cc(C(C)Nc2ccccc2SN)c2nc(N3Cc4ccccc4C3)cc(=O)n2c1. The summed E-state index contributed by atoms with van der Waals surface area (Å²) in [5.74, 6) is 0.710. The molecule has 2 aromatic heterocycles. The summed E-state index contributed by atoms with van der Waals surface area (Å²) in [4.78, 5) is 21.2. The van der Waals surface area contributed by atoms with Crippen molar-refractivity contribution in [1.29, 1.82) is 0 Å². The van der Waals surface area contributed by atoms with Gasteiger partial charge in [-0.3, -0.25) is 14.3 Å². The Morgan fingerprint density at radius 2 is 1.75 bits per heavy atom. The van der Waals surface area contributed by atoms with Crippen LogP contribution in [0.4, 0.5) is 11.5 Å². The molecule has 1 aliphatic rings. The summed E-state index contributed by atoms with van der Waals surface area (Å²) in [5.41, 5.74) is 6.10. The number of anilines is 2. The lowest BCUT2D eigenvalue weighted by molar-refractivity contribution is 0.831. The van der Waals surface area contributed by atoms with Crippen molar-refractivity contribution in [3.05, 3.63) is 99.5 Å². The monoisotopic (exact) mass is 443 g/mol. The molecule has 1 unspecified atom stereocenters. The number of para-hydroxylation sites is 1. The number of nitrogens with one attached hydrogen (secondary N) is 1. The maximum Gasteiger partial charge on any atom is 0.259 e. The predicted octanol–water partition coefficient (Wildman–Crippen LogP) is 4.66. The van der Waals surface area contributed by atoms with Crippen LogP contribution in [-0.4, -0.2) is 9.38 Å². The van der Waals surface area contributed by atoms with E-state index in [9.17, 15) is 4.79 Å². The molecule has 1 aliphatic heterocycles. The number of nitrogens with two attached hydrogens (primary N) is 1. The second-order valence-corrected chi connectivity index (χ2v) is 8.90. The first-order chi connectivity index (χ1) is 15.5. The first kappa shape index (κ1) is 20.6. The van der Waals surface area contributed by atoms with Crippen molar-refractivity contribution < 1.29 is 0 Å². The summed E-state index contributed by atoms with van der Waals surface area (Å²) in [6.07, 6.45) is 1.85. The van der Waals surface area contributed by atoms with Gasteiger partial charge in [-0.05, 0) is 60.7 Å². The number of aryl methyl sites for hydroxylation is 1. The highest BCUT2D eigenvalue weighted by Gasteiger charge is 2.22. The van der Waals surface area contributed by atoms with Crippen LogP contribution in [0, 0.1) is 6.92 Å². The van der Waals surface area contributed by atoms with Gasteiger partial charge in [-0.25, -0.2) is 4.98 Å². The van der Waals surface area contributed by atoms with Gasteiger partial charge in [-0.2, -0.15) is 0 Å². The van der Waals surface area contributed by atoms with Crippen molar-refractivity contribution in [3.63, 3.8) is 0 Å². The fraction of sp³-hybridized carbons (Fsp3) is 0.200. The van der Waals surface area contributed by atoms with Crippen molar-refractivity contribution in [1.82, 2.24) is 9.38 Å². The molecule has 6 nitrogen and oxygen atoms in total. The second-order valence-electron chi connectivity index (χ2n) is 8.22. The molecule has 0 fully saturated rings. The molecule has 5 rings (SSSR count). The average Bonchev–Trinajstić information content (AvgIpc) is 3.24. The van der Waals surface area contributed by atoms with Gasteiger partial charge >= 0.3 is 0 Å². The zero-order valence-corrected chi connectivity index (χ0v) is 18.9. The molecular weight excluding hydrogens is 418 g/mol. The van der Waals surface area contributed by atoms with Crippen LogP contribution in [0.5, 0.6) is 0 Å². The average molecular weight is 444 g/mol. The second kappa shape index (κ2) is 8.33. The van der Waals surface area contributed by atoms with Crippen LogP contribution in [0.1, 0.15) is 35.2 Å². The maximum atomic E-state index is 13.1. The Bertz CT molecular complexity index is 1340. The van der Waals surface area contributed by atoms with E-state index in [2.05, 4.69) is 47.5 Å². The Hall–Kier alpha value is -3.29. The molecule has 3 N–H and O–H groups in total. The minimum absolute atomic E-state index is 0.0730. The van der Waals surface area contributed by atoms with Crippen LogP contribution in [0.2, 0.25) is 0 Å². The summed E-state index contributed by atoms with van der Waals surface area (Å²) in [5, 5.41) is 9.39. The number of benzene rings is 2. The Morgan fingerprint density at radius 1 is 1.06 bits per heavy atom. The van der Waals surface area contributed by atoms with Crippen molar-refractivity contribution in [2.75, 3.05) is 10.2 Å². The summed E-state index contributed by atoms with van der Waals surface area (Å²) < 4.78 is 1.65. The Labute approximate surface area is 191 Å². The number of hydrogen-bond donors (Lipinski definition) is 2. The summed E-state index contributed by atoms with van der Waals surface area (Å²) in [6, 6.07) is 20.0. The molecule has 4 aromatic rings. The molecule has 0 bridgehead atoms. The summed E-state index contributed by atoms with van der Waals surface area (Å²) in [7, 11) is 0. The lowest BCUT2D eigenvalue weighted by atomic mass is 10.1. The van der Waals surface area contributed by atoms with E-state index in [-0.39, 0.29) is 11.6 Å². The van der Waals surface area contributed by atoms with Gasteiger partial charge in [0.1, 0.15) is 11.5 Å². The van der Waals surface area contributed by atoms with E-state index in [1.807, 2.05) is 37.4 Å². The molecule has 3 heterocycles. The van der Waals surface area contributed by atoms with Crippen LogP contribution in [-0.2, 0) is 13.1 Å². The number of aromatic nitrogens is 2. The highest BCUT2D eigenvalue weighted by atomic mass is 32.2. The number of pyridine rings is 1. The van der Waals surface area contributed by atoms with E-state index in [4.69, 9.17) is 10.1 Å². The van der Waals surface area contributed by atoms with Gasteiger partial charge in [0.15, 0.2) is 0 Å². The molecule has 162 valence electrons. The Morgan fingerprint density at radius 3 is 2.47 bits per heavy atom. The molecule has 32 heavy (non-hydrogen) atoms. The van der Waals surface area contributed by atoms with Crippen molar-refractivity contribution in [3.8, 4) is 0 Å². The quantitative estimate of drug-likeness (QED) is 0.437. The largest absolute Gasteiger partial charge is 0.377 e. The Kier molecular flexibility index (Phi) is 5.36. The maximum absolute atomic E-state index is 13.1. The van der Waals surface area contributed by atoms with E-state index in [1.165, 1.54) is 23.1 Å². The first-order valence-electron chi connectivity index (χ1n) is 10.6. The summed E-state index contributed by atoms with van der Waals surface area (Å²) in [6.45, 7) is 5.60. The zero-order valence-electron chi connectivity index (χ0n) is 18.1. The normalized spacial score (nSPS) is 13.9. The molecule has 1 atom stereocenters. The predicted molar refractivity (Wildman–Crippen MR) is 131 cm³/mol. The molecule has 0 amide bonds. The van der Waals surface area contributed by atoms with Gasteiger partial charge in [0.05, 0.1) is 6.04 Å². The van der Waals surface area contributed by atoms with Crippen LogP contribution in [0.25, 0.3) is 5.65 Å². The van der Waals surface area contributed by atoms with E-state index in [0.29, 0.717) is 11.5 Å². The molecular formula is C25H25N5OS. The topological polar surface area (TPSA) is 75.7 Å². The highest BCUT2D eigenvalue weighted by Crippen LogP contribution is 2.30. The lowest BCUT2D eigenvalue weighted by Crippen LogP contribution is -2.23. The lowest BCUT2D eigenvalue weighted by Gasteiger charge is -2.21. The third kappa shape index (κ3) is 3.74. The van der Waals surface area contributed by atoms with Gasteiger partial charge in [-0.15, -0.1) is 0 Å². The van der Waals surface area contributed by atoms with Crippen molar-refractivity contribution in [2.24, 2.45) is 5.14 Å². The first-order valence-corrected chi connectivity index (χ1v) is 11.5. The molecule has 0 spiro atoms. The van der Waals surface area contributed by atoms with Gasteiger partial charge in [0, 0.05) is 41.5 Å². The molecule has 0 saturated heterocycles.